The van der Waals surface area contributed by atoms with E-state index >= 15 is 0 Å². The molecular weight excluding hydrogens is 230 g/mol. The average molecular weight is 238 g/mol. The normalized spacial score (nSPS) is 11.7. The molecule has 0 aliphatic carbocycles. The van der Waals surface area contributed by atoms with Gasteiger partial charge >= 0.3 is 0 Å². The second-order valence-electron chi connectivity index (χ2n) is 2.98. The zero-order valence-electron chi connectivity index (χ0n) is 8.08. The Morgan fingerprint density at radius 1 is 1.50 bits per heavy atom. The molecule has 0 saturated heterocycles. The highest BCUT2D eigenvalue weighted by Crippen LogP contribution is 2.14. The van der Waals surface area contributed by atoms with Crippen LogP contribution in [0.4, 0.5) is 0 Å². The highest BCUT2D eigenvalue weighted by molar-refractivity contribution is 6.30. The third kappa shape index (κ3) is 1.82. The van der Waals surface area contributed by atoms with Gasteiger partial charge in [-0.25, -0.2) is 4.68 Å². The van der Waals surface area contributed by atoms with Crippen molar-refractivity contribution in [3.05, 3.63) is 41.4 Å². The molecule has 0 aliphatic rings. The summed E-state index contributed by atoms with van der Waals surface area (Å²) in [6, 6.07) is 1.62. The van der Waals surface area contributed by atoms with Crippen LogP contribution in [0.2, 0.25) is 5.02 Å². The summed E-state index contributed by atoms with van der Waals surface area (Å²) in [7, 11) is 0. The Morgan fingerprint density at radius 2 is 2.31 bits per heavy atom. The molecule has 0 atom stereocenters. The van der Waals surface area contributed by atoms with E-state index in [2.05, 4.69) is 15.2 Å². The Balaban J connectivity index is 2.57. The lowest BCUT2D eigenvalue weighted by Gasteiger charge is -2.06. The van der Waals surface area contributed by atoms with Gasteiger partial charge in [-0.1, -0.05) is 16.8 Å². The van der Waals surface area contributed by atoms with Gasteiger partial charge in [-0.05, 0) is 6.07 Å². The van der Waals surface area contributed by atoms with E-state index in [0.717, 1.165) is 0 Å². The molecule has 0 spiro atoms. The van der Waals surface area contributed by atoms with E-state index < -0.39 is 0 Å². The van der Waals surface area contributed by atoms with Gasteiger partial charge in [0.1, 0.15) is 0 Å². The molecule has 2 heterocycles. The van der Waals surface area contributed by atoms with E-state index in [9.17, 15) is 0 Å². The molecule has 0 saturated carbocycles. The smallest absolute Gasteiger partial charge is 0.172 e. The van der Waals surface area contributed by atoms with Gasteiger partial charge < -0.3 is 10.9 Å². The number of rotatable bonds is 2. The van der Waals surface area contributed by atoms with Crippen LogP contribution in [0.25, 0.3) is 5.69 Å². The SMILES string of the molecule is N/C(=N/O)c1ccncc1-n1cc(Cl)cn1. The van der Waals surface area contributed by atoms with E-state index in [1.165, 1.54) is 10.9 Å². The Labute approximate surface area is 96.0 Å². The van der Waals surface area contributed by atoms with Crippen molar-refractivity contribution in [1.82, 2.24) is 14.8 Å². The number of hydrogen-bond donors (Lipinski definition) is 2. The first kappa shape index (κ1) is 10.4. The molecule has 0 unspecified atom stereocenters. The zero-order valence-corrected chi connectivity index (χ0v) is 8.83. The molecule has 82 valence electrons. The average Bonchev–Trinajstić information content (AvgIpc) is 2.75. The summed E-state index contributed by atoms with van der Waals surface area (Å²) in [4.78, 5) is 3.95. The first-order chi connectivity index (χ1) is 7.72. The summed E-state index contributed by atoms with van der Waals surface area (Å²) >= 11 is 5.76. The van der Waals surface area contributed by atoms with Gasteiger partial charge in [0.05, 0.1) is 23.1 Å². The fraction of sp³-hybridized carbons (Fsp3) is 0. The second-order valence-corrected chi connectivity index (χ2v) is 3.42. The molecule has 0 radical (unpaired) electrons. The van der Waals surface area contributed by atoms with Crippen LogP contribution in [-0.2, 0) is 0 Å². The van der Waals surface area contributed by atoms with Crippen molar-refractivity contribution in [3.8, 4) is 5.69 Å². The summed E-state index contributed by atoms with van der Waals surface area (Å²) in [6.07, 6.45) is 6.19. The van der Waals surface area contributed by atoms with Crippen LogP contribution in [0.3, 0.4) is 0 Å². The maximum Gasteiger partial charge on any atom is 0.172 e. The minimum Gasteiger partial charge on any atom is -0.409 e. The molecular formula is C9H8ClN5O. The summed E-state index contributed by atoms with van der Waals surface area (Å²) in [6.45, 7) is 0. The molecule has 0 aromatic carbocycles. The van der Waals surface area contributed by atoms with Gasteiger partial charge in [0.25, 0.3) is 0 Å². The van der Waals surface area contributed by atoms with Crippen molar-refractivity contribution in [2.45, 2.75) is 0 Å². The molecule has 0 amide bonds. The van der Waals surface area contributed by atoms with E-state index in [1.807, 2.05) is 0 Å². The van der Waals surface area contributed by atoms with Gasteiger partial charge in [0.15, 0.2) is 5.84 Å². The van der Waals surface area contributed by atoms with Gasteiger partial charge in [-0.3, -0.25) is 4.98 Å². The lowest BCUT2D eigenvalue weighted by molar-refractivity contribution is 0.318. The van der Waals surface area contributed by atoms with Crippen LogP contribution in [-0.4, -0.2) is 25.8 Å². The summed E-state index contributed by atoms with van der Waals surface area (Å²) in [5.41, 5.74) is 6.65. The number of pyridine rings is 1. The summed E-state index contributed by atoms with van der Waals surface area (Å²) in [5, 5.41) is 16.1. The molecule has 2 rings (SSSR count). The maximum atomic E-state index is 8.65. The fourth-order valence-corrected chi connectivity index (χ4v) is 1.41. The lowest BCUT2D eigenvalue weighted by atomic mass is 10.2. The second kappa shape index (κ2) is 4.19. The maximum absolute atomic E-state index is 8.65. The molecule has 7 heteroatoms. The summed E-state index contributed by atoms with van der Waals surface area (Å²) in [5.74, 6) is -0.0102. The number of oxime groups is 1. The number of amidine groups is 1. The third-order valence-corrected chi connectivity index (χ3v) is 2.18. The first-order valence-corrected chi connectivity index (χ1v) is 4.72. The van der Waals surface area contributed by atoms with Gasteiger partial charge in [-0.2, -0.15) is 5.10 Å². The highest BCUT2D eigenvalue weighted by Gasteiger charge is 2.09. The van der Waals surface area contributed by atoms with Crippen molar-refractivity contribution >= 4 is 17.4 Å². The van der Waals surface area contributed by atoms with Gasteiger partial charge in [0.2, 0.25) is 0 Å². The van der Waals surface area contributed by atoms with Crippen LogP contribution in [0.1, 0.15) is 5.56 Å². The Hall–Kier alpha value is -2.08. The molecule has 16 heavy (non-hydrogen) atoms. The lowest BCUT2D eigenvalue weighted by Crippen LogP contribution is -2.16. The van der Waals surface area contributed by atoms with E-state index in [4.69, 9.17) is 22.5 Å². The van der Waals surface area contributed by atoms with Crippen molar-refractivity contribution < 1.29 is 5.21 Å². The Bertz CT molecular complexity index is 536. The van der Waals surface area contributed by atoms with Gasteiger partial charge in [0, 0.05) is 18.0 Å². The van der Waals surface area contributed by atoms with Crippen molar-refractivity contribution in [2.24, 2.45) is 10.9 Å². The van der Waals surface area contributed by atoms with Crippen LogP contribution in [0.15, 0.2) is 36.0 Å². The van der Waals surface area contributed by atoms with Crippen LogP contribution in [0, 0.1) is 0 Å². The minimum absolute atomic E-state index is 0.0102. The molecule has 2 aromatic heterocycles. The molecule has 0 aliphatic heterocycles. The summed E-state index contributed by atoms with van der Waals surface area (Å²) < 4.78 is 1.50. The molecule has 0 fully saturated rings. The minimum atomic E-state index is -0.0102. The molecule has 2 aromatic rings. The molecule has 3 N–H and O–H groups in total. The monoisotopic (exact) mass is 237 g/mol. The standard InChI is InChI=1S/C9H8ClN5O/c10-6-3-13-15(5-6)8-4-12-2-1-7(8)9(11)14-16/h1-5,16H,(H2,11,14). The largest absolute Gasteiger partial charge is 0.409 e. The third-order valence-electron chi connectivity index (χ3n) is 1.98. The predicted molar refractivity (Wildman–Crippen MR) is 58.9 cm³/mol. The molecule has 0 bridgehead atoms. The van der Waals surface area contributed by atoms with E-state index in [1.54, 1.807) is 24.7 Å². The zero-order chi connectivity index (χ0) is 11.5. The van der Waals surface area contributed by atoms with Gasteiger partial charge in [-0.15, -0.1) is 0 Å². The number of hydrogen-bond acceptors (Lipinski definition) is 4. The van der Waals surface area contributed by atoms with Crippen LogP contribution in [0.5, 0.6) is 0 Å². The van der Waals surface area contributed by atoms with Crippen LogP contribution < -0.4 is 5.73 Å². The number of nitrogens with two attached hydrogens (primary N) is 1. The predicted octanol–water partition coefficient (Wildman–Crippen LogP) is 1.02. The Kier molecular flexibility index (Phi) is 2.74. The fourth-order valence-electron chi connectivity index (χ4n) is 1.27. The van der Waals surface area contributed by atoms with Crippen molar-refractivity contribution in [2.75, 3.05) is 0 Å². The van der Waals surface area contributed by atoms with Crippen molar-refractivity contribution in [1.29, 1.82) is 0 Å². The van der Waals surface area contributed by atoms with E-state index in [-0.39, 0.29) is 5.84 Å². The van der Waals surface area contributed by atoms with Crippen LogP contribution >= 0.6 is 11.6 Å². The van der Waals surface area contributed by atoms with E-state index in [0.29, 0.717) is 16.3 Å². The van der Waals surface area contributed by atoms with Crippen molar-refractivity contribution in [3.63, 3.8) is 0 Å². The molecule has 6 nitrogen and oxygen atoms in total. The highest BCUT2D eigenvalue weighted by atomic mass is 35.5. The quantitative estimate of drug-likeness (QED) is 0.353. The first-order valence-electron chi connectivity index (χ1n) is 4.35. The topological polar surface area (TPSA) is 89.3 Å². The number of aromatic nitrogens is 3. The number of halogens is 1. The Morgan fingerprint density at radius 3 is 2.94 bits per heavy atom. The number of nitrogens with zero attached hydrogens (tertiary/aromatic N) is 4.